The number of nitrogens with one attached hydrogen (secondary N) is 1. The monoisotopic (exact) mass is 438 g/mol. The van der Waals surface area contributed by atoms with E-state index in [0.717, 1.165) is 0 Å². The average molecular weight is 439 g/mol. The van der Waals surface area contributed by atoms with Gasteiger partial charge in [-0.05, 0) is 25.5 Å². The molecular formula is C20H23ClN2O7. The summed E-state index contributed by atoms with van der Waals surface area (Å²) in [4.78, 5) is 35.5. The number of carbonyl (C=O) groups excluding carboxylic acids is 2. The zero-order chi connectivity index (χ0) is 22.3. The molecule has 10 heteroatoms. The standard InChI is InChI=1S/C20H23ClN2O7/c1-4-30-20(25)16-12(2)22-15(11-29-10-9-23(26)27)18(19(24)28-3)17(16)13-7-5-6-8-14(13)21/h5-8,17,22H,4,9-11H2,1-3H3. The number of nitro groups is 1. The molecule has 1 aliphatic heterocycles. The van der Waals surface area contributed by atoms with Crippen molar-refractivity contribution >= 4 is 23.5 Å². The van der Waals surface area contributed by atoms with Crippen molar-refractivity contribution in [3.63, 3.8) is 0 Å². The second-order valence-corrected chi connectivity index (χ2v) is 6.74. The van der Waals surface area contributed by atoms with E-state index in [-0.39, 0.29) is 37.5 Å². The van der Waals surface area contributed by atoms with Crippen molar-refractivity contribution in [1.29, 1.82) is 0 Å². The lowest BCUT2D eigenvalue weighted by molar-refractivity contribution is -0.483. The molecule has 162 valence electrons. The minimum absolute atomic E-state index is 0.118. The van der Waals surface area contributed by atoms with Gasteiger partial charge >= 0.3 is 11.9 Å². The van der Waals surface area contributed by atoms with Crippen LogP contribution in [0.5, 0.6) is 0 Å². The van der Waals surface area contributed by atoms with E-state index in [4.69, 9.17) is 25.8 Å². The topological polar surface area (TPSA) is 117 Å². The molecule has 0 amide bonds. The zero-order valence-electron chi connectivity index (χ0n) is 16.9. The maximum absolute atomic E-state index is 12.8. The molecular weight excluding hydrogens is 416 g/mol. The minimum Gasteiger partial charge on any atom is -0.466 e. The highest BCUT2D eigenvalue weighted by atomic mass is 35.5. The summed E-state index contributed by atoms with van der Waals surface area (Å²) in [6.07, 6.45) is 0. The Bertz CT molecular complexity index is 895. The Balaban J connectivity index is 2.58. The summed E-state index contributed by atoms with van der Waals surface area (Å²) in [7, 11) is 1.22. The summed E-state index contributed by atoms with van der Waals surface area (Å²) >= 11 is 6.40. The highest BCUT2D eigenvalue weighted by molar-refractivity contribution is 6.31. The van der Waals surface area contributed by atoms with Gasteiger partial charge in [0.15, 0.2) is 0 Å². The van der Waals surface area contributed by atoms with Crippen molar-refractivity contribution in [3.05, 3.63) is 67.5 Å². The molecule has 0 radical (unpaired) electrons. The maximum atomic E-state index is 12.8. The third-order valence-corrected chi connectivity index (χ3v) is 4.77. The van der Waals surface area contributed by atoms with E-state index in [2.05, 4.69) is 5.32 Å². The van der Waals surface area contributed by atoms with Gasteiger partial charge in [0.25, 0.3) is 0 Å². The molecule has 1 aliphatic rings. The summed E-state index contributed by atoms with van der Waals surface area (Å²) in [5, 5.41) is 13.9. The van der Waals surface area contributed by atoms with Gasteiger partial charge in [-0.15, -0.1) is 0 Å². The third kappa shape index (κ3) is 5.37. The molecule has 0 aliphatic carbocycles. The zero-order valence-corrected chi connectivity index (χ0v) is 17.7. The molecule has 0 saturated heterocycles. The Kier molecular flexibility index (Phi) is 8.37. The fourth-order valence-electron chi connectivity index (χ4n) is 3.17. The molecule has 0 saturated carbocycles. The van der Waals surface area contributed by atoms with Crippen LogP contribution in [0.25, 0.3) is 0 Å². The van der Waals surface area contributed by atoms with Crippen molar-refractivity contribution in [1.82, 2.24) is 5.32 Å². The van der Waals surface area contributed by atoms with Gasteiger partial charge in [0, 0.05) is 15.6 Å². The van der Waals surface area contributed by atoms with Crippen LogP contribution in [0.1, 0.15) is 25.3 Å². The smallest absolute Gasteiger partial charge is 0.336 e. The highest BCUT2D eigenvalue weighted by Gasteiger charge is 2.39. The predicted octanol–water partition coefficient (Wildman–Crippen LogP) is 2.58. The van der Waals surface area contributed by atoms with Gasteiger partial charge in [-0.1, -0.05) is 29.8 Å². The lowest BCUT2D eigenvalue weighted by atomic mass is 9.80. The lowest BCUT2D eigenvalue weighted by Gasteiger charge is -2.31. The molecule has 2 rings (SSSR count). The van der Waals surface area contributed by atoms with Crippen LogP contribution in [0.4, 0.5) is 0 Å². The van der Waals surface area contributed by atoms with E-state index in [1.165, 1.54) is 7.11 Å². The van der Waals surface area contributed by atoms with E-state index in [1.54, 1.807) is 38.1 Å². The molecule has 0 spiro atoms. The Hall–Kier alpha value is -2.91. The summed E-state index contributed by atoms with van der Waals surface area (Å²) in [5.74, 6) is -2.14. The van der Waals surface area contributed by atoms with Gasteiger partial charge in [-0.25, -0.2) is 9.59 Å². The van der Waals surface area contributed by atoms with Crippen LogP contribution in [0.2, 0.25) is 5.02 Å². The van der Waals surface area contributed by atoms with Crippen LogP contribution in [0.3, 0.4) is 0 Å². The molecule has 1 aromatic carbocycles. The van der Waals surface area contributed by atoms with Gasteiger partial charge in [0.05, 0.1) is 43.1 Å². The van der Waals surface area contributed by atoms with Crippen molar-refractivity contribution < 1.29 is 28.7 Å². The SMILES string of the molecule is CCOC(=O)C1=C(C)NC(COCC[N+](=O)[O-])=C(C(=O)OC)C1c1ccccc1Cl. The van der Waals surface area contributed by atoms with E-state index in [1.807, 2.05) is 0 Å². The summed E-state index contributed by atoms with van der Waals surface area (Å²) in [5.41, 5.74) is 1.66. The number of methoxy groups -OCH3 is 1. The summed E-state index contributed by atoms with van der Waals surface area (Å²) in [6.45, 7) is 2.86. The number of hydrogen-bond acceptors (Lipinski definition) is 8. The van der Waals surface area contributed by atoms with E-state index in [0.29, 0.717) is 22.0 Å². The molecule has 1 N–H and O–H groups in total. The molecule has 1 atom stereocenters. The first-order valence-electron chi connectivity index (χ1n) is 9.22. The predicted molar refractivity (Wildman–Crippen MR) is 108 cm³/mol. The maximum Gasteiger partial charge on any atom is 0.336 e. The first kappa shape index (κ1) is 23.4. The van der Waals surface area contributed by atoms with Crippen molar-refractivity contribution in [2.45, 2.75) is 19.8 Å². The number of benzene rings is 1. The first-order valence-corrected chi connectivity index (χ1v) is 9.59. The van der Waals surface area contributed by atoms with E-state index >= 15 is 0 Å². The number of allylic oxidation sites excluding steroid dienone is 1. The Labute approximate surface area is 178 Å². The average Bonchev–Trinajstić information content (AvgIpc) is 2.70. The number of halogens is 1. The second-order valence-electron chi connectivity index (χ2n) is 6.33. The fraction of sp³-hybridized carbons (Fsp3) is 0.400. The third-order valence-electron chi connectivity index (χ3n) is 4.43. The van der Waals surface area contributed by atoms with Gasteiger partial charge < -0.3 is 19.5 Å². The van der Waals surface area contributed by atoms with Crippen LogP contribution >= 0.6 is 11.6 Å². The molecule has 1 heterocycles. The van der Waals surface area contributed by atoms with Crippen LogP contribution in [0.15, 0.2) is 46.8 Å². The van der Waals surface area contributed by atoms with Gasteiger partial charge in [0.1, 0.15) is 6.61 Å². The molecule has 0 bridgehead atoms. The summed E-state index contributed by atoms with van der Waals surface area (Å²) < 4.78 is 15.5. The number of nitrogens with zero attached hydrogens (tertiary/aromatic N) is 1. The van der Waals surface area contributed by atoms with Crippen molar-refractivity contribution in [2.24, 2.45) is 0 Å². The molecule has 0 fully saturated rings. The van der Waals surface area contributed by atoms with Gasteiger partial charge in [-0.2, -0.15) is 0 Å². The Morgan fingerprint density at radius 1 is 1.23 bits per heavy atom. The van der Waals surface area contributed by atoms with Crippen LogP contribution in [0, 0.1) is 10.1 Å². The van der Waals surface area contributed by atoms with Crippen molar-refractivity contribution in [2.75, 3.05) is 33.5 Å². The quantitative estimate of drug-likeness (QED) is 0.270. The fourth-order valence-corrected chi connectivity index (χ4v) is 3.42. The van der Waals surface area contributed by atoms with Gasteiger partial charge in [0.2, 0.25) is 6.54 Å². The Morgan fingerprint density at radius 3 is 2.53 bits per heavy atom. The van der Waals surface area contributed by atoms with Gasteiger partial charge in [-0.3, -0.25) is 10.1 Å². The number of esters is 2. The number of ether oxygens (including phenoxy) is 3. The second kappa shape index (κ2) is 10.7. The molecule has 1 unspecified atom stereocenters. The molecule has 1 aromatic rings. The van der Waals surface area contributed by atoms with Crippen LogP contribution in [-0.4, -0.2) is 50.3 Å². The number of dihydropyridines is 1. The Morgan fingerprint density at radius 2 is 1.93 bits per heavy atom. The van der Waals surface area contributed by atoms with E-state index in [9.17, 15) is 19.7 Å². The molecule has 9 nitrogen and oxygen atoms in total. The van der Waals surface area contributed by atoms with E-state index < -0.39 is 22.8 Å². The number of carbonyl (C=O) groups is 2. The molecule has 0 aromatic heterocycles. The number of hydrogen-bond donors (Lipinski definition) is 1. The van der Waals surface area contributed by atoms with Crippen LogP contribution in [-0.2, 0) is 23.8 Å². The first-order chi connectivity index (χ1) is 14.3. The van der Waals surface area contributed by atoms with Crippen molar-refractivity contribution in [3.8, 4) is 0 Å². The highest BCUT2D eigenvalue weighted by Crippen LogP contribution is 2.41. The minimum atomic E-state index is -0.861. The normalized spacial score (nSPS) is 16.2. The van der Waals surface area contributed by atoms with Crippen LogP contribution < -0.4 is 5.32 Å². The largest absolute Gasteiger partial charge is 0.466 e. The summed E-state index contributed by atoms with van der Waals surface area (Å²) in [6, 6.07) is 6.83. The number of rotatable bonds is 9. The molecule has 30 heavy (non-hydrogen) atoms. The lowest BCUT2D eigenvalue weighted by Crippen LogP contribution is -2.35.